The fourth-order valence-corrected chi connectivity index (χ4v) is 2.81. The third kappa shape index (κ3) is 3.66. The number of rotatable bonds is 5. The highest BCUT2D eigenvalue weighted by Crippen LogP contribution is 2.37. The first-order valence-corrected chi connectivity index (χ1v) is 6.28. The van der Waals surface area contributed by atoms with Crippen LogP contribution in [0.25, 0.3) is 0 Å². The first-order chi connectivity index (χ1) is 7.44. The van der Waals surface area contributed by atoms with Crippen LogP contribution >= 0.6 is 0 Å². The summed E-state index contributed by atoms with van der Waals surface area (Å²) in [6.45, 7) is 11.5. The van der Waals surface area contributed by atoms with E-state index in [9.17, 15) is 0 Å². The minimum atomic E-state index is 0.300. The zero-order chi connectivity index (χ0) is 12.2. The van der Waals surface area contributed by atoms with Gasteiger partial charge in [-0.25, -0.2) is 0 Å². The Balaban J connectivity index is 2.95. The molecule has 0 amide bonds. The molecular formula is C16H25. The highest BCUT2D eigenvalue weighted by molar-refractivity contribution is 5.25. The maximum absolute atomic E-state index is 2.40. The smallest absolute Gasteiger partial charge is 0.00676 e. The van der Waals surface area contributed by atoms with E-state index in [0.29, 0.717) is 5.41 Å². The van der Waals surface area contributed by atoms with Crippen molar-refractivity contribution in [3.8, 4) is 0 Å². The van der Waals surface area contributed by atoms with Gasteiger partial charge in [-0.1, -0.05) is 65.0 Å². The van der Waals surface area contributed by atoms with Gasteiger partial charge in [-0.2, -0.15) is 0 Å². The molecule has 1 atom stereocenters. The molecule has 1 rings (SSSR count). The molecule has 0 nitrogen and oxygen atoms in total. The van der Waals surface area contributed by atoms with Gasteiger partial charge in [-0.3, -0.25) is 0 Å². The molecule has 1 aromatic carbocycles. The molecule has 0 aliphatic heterocycles. The highest BCUT2D eigenvalue weighted by atomic mass is 14.3. The predicted octanol–water partition coefficient (Wildman–Crippen LogP) is 4.99. The lowest BCUT2D eigenvalue weighted by atomic mass is 9.71. The van der Waals surface area contributed by atoms with Crippen molar-refractivity contribution in [2.24, 2.45) is 5.92 Å². The minimum Gasteiger partial charge on any atom is -0.0627 e. The summed E-state index contributed by atoms with van der Waals surface area (Å²) in [4.78, 5) is 0. The topological polar surface area (TPSA) is 0 Å². The Morgan fingerprint density at radius 1 is 1.12 bits per heavy atom. The average molecular weight is 217 g/mol. The maximum atomic E-state index is 2.40. The fourth-order valence-electron chi connectivity index (χ4n) is 2.81. The summed E-state index contributed by atoms with van der Waals surface area (Å²) in [6, 6.07) is 10.9. The Hall–Kier alpha value is -0.780. The zero-order valence-electron chi connectivity index (χ0n) is 11.4. The van der Waals surface area contributed by atoms with Gasteiger partial charge in [0.1, 0.15) is 0 Å². The third-order valence-corrected chi connectivity index (χ3v) is 3.07. The summed E-state index contributed by atoms with van der Waals surface area (Å²) < 4.78 is 0. The van der Waals surface area contributed by atoms with Crippen molar-refractivity contribution >= 4 is 0 Å². The van der Waals surface area contributed by atoms with Crippen molar-refractivity contribution in [3.05, 3.63) is 41.8 Å². The number of benzene rings is 1. The normalized spacial score (nSPS) is 12.4. The van der Waals surface area contributed by atoms with Crippen LogP contribution in [0.15, 0.2) is 30.3 Å². The summed E-state index contributed by atoms with van der Waals surface area (Å²) in [5, 5.41) is 0. The molecule has 0 heteroatoms. The summed E-state index contributed by atoms with van der Waals surface area (Å²) in [5.74, 6) is 2.26. The first-order valence-electron chi connectivity index (χ1n) is 6.28. The van der Waals surface area contributed by atoms with Crippen LogP contribution in [0, 0.1) is 11.8 Å². The van der Waals surface area contributed by atoms with Gasteiger partial charge in [0.25, 0.3) is 0 Å². The SMILES string of the molecule is C[C](C)CC(C)(CC(C)C)c1ccccc1. The van der Waals surface area contributed by atoms with Crippen molar-refractivity contribution in [2.75, 3.05) is 0 Å². The van der Waals surface area contributed by atoms with Crippen molar-refractivity contribution in [2.45, 2.75) is 52.9 Å². The molecule has 0 spiro atoms. The van der Waals surface area contributed by atoms with Gasteiger partial charge >= 0.3 is 0 Å². The van der Waals surface area contributed by atoms with Crippen LogP contribution in [0.3, 0.4) is 0 Å². The molecule has 0 fully saturated rings. The molecule has 1 aromatic rings. The Kier molecular flexibility index (Phi) is 4.58. The van der Waals surface area contributed by atoms with E-state index in [4.69, 9.17) is 0 Å². The van der Waals surface area contributed by atoms with Gasteiger partial charge in [0.2, 0.25) is 0 Å². The van der Waals surface area contributed by atoms with Crippen molar-refractivity contribution in [1.29, 1.82) is 0 Å². The van der Waals surface area contributed by atoms with Crippen LogP contribution in [0.4, 0.5) is 0 Å². The van der Waals surface area contributed by atoms with Crippen LogP contribution < -0.4 is 0 Å². The molecule has 0 saturated heterocycles. The highest BCUT2D eigenvalue weighted by Gasteiger charge is 2.28. The second-order valence-electron chi connectivity index (χ2n) is 5.91. The van der Waals surface area contributed by atoms with E-state index in [1.165, 1.54) is 24.3 Å². The van der Waals surface area contributed by atoms with Crippen LogP contribution in [-0.2, 0) is 5.41 Å². The molecule has 89 valence electrons. The van der Waals surface area contributed by atoms with Crippen LogP contribution in [0.2, 0.25) is 0 Å². The lowest BCUT2D eigenvalue weighted by molar-refractivity contribution is 0.352. The summed E-state index contributed by atoms with van der Waals surface area (Å²) in [7, 11) is 0. The lowest BCUT2D eigenvalue weighted by Gasteiger charge is -2.33. The standard InChI is InChI=1S/C16H25/c1-13(2)11-16(5,12-14(3)4)15-9-7-6-8-10-15/h6-10,13H,11-12H2,1-5H3. The number of hydrogen-bond donors (Lipinski definition) is 0. The fraction of sp³-hybridized carbons (Fsp3) is 0.562. The second-order valence-corrected chi connectivity index (χ2v) is 5.91. The van der Waals surface area contributed by atoms with E-state index in [-0.39, 0.29) is 0 Å². The largest absolute Gasteiger partial charge is 0.0627 e. The van der Waals surface area contributed by atoms with E-state index in [2.05, 4.69) is 65.0 Å². The Bertz CT molecular complexity index is 285. The van der Waals surface area contributed by atoms with Crippen LogP contribution in [-0.4, -0.2) is 0 Å². The van der Waals surface area contributed by atoms with Crippen molar-refractivity contribution in [1.82, 2.24) is 0 Å². The summed E-state index contributed by atoms with van der Waals surface area (Å²) in [6.07, 6.45) is 2.44. The average Bonchev–Trinajstić information content (AvgIpc) is 2.16. The van der Waals surface area contributed by atoms with Gasteiger partial charge in [0.15, 0.2) is 0 Å². The van der Waals surface area contributed by atoms with E-state index in [0.717, 1.165) is 5.92 Å². The predicted molar refractivity (Wildman–Crippen MR) is 72.5 cm³/mol. The summed E-state index contributed by atoms with van der Waals surface area (Å²) >= 11 is 0. The van der Waals surface area contributed by atoms with Gasteiger partial charge in [-0.05, 0) is 35.7 Å². The molecule has 16 heavy (non-hydrogen) atoms. The van der Waals surface area contributed by atoms with Gasteiger partial charge < -0.3 is 0 Å². The zero-order valence-corrected chi connectivity index (χ0v) is 11.4. The number of hydrogen-bond acceptors (Lipinski definition) is 0. The van der Waals surface area contributed by atoms with Gasteiger partial charge in [0.05, 0.1) is 0 Å². The molecule has 1 radical (unpaired) electrons. The molecule has 0 aliphatic rings. The quantitative estimate of drug-likeness (QED) is 0.651. The molecule has 0 aliphatic carbocycles. The minimum absolute atomic E-state index is 0.300. The second kappa shape index (κ2) is 5.52. The van der Waals surface area contributed by atoms with E-state index >= 15 is 0 Å². The Morgan fingerprint density at radius 3 is 2.12 bits per heavy atom. The molecule has 1 unspecified atom stereocenters. The summed E-state index contributed by atoms with van der Waals surface area (Å²) in [5.41, 5.74) is 1.78. The van der Waals surface area contributed by atoms with Crippen LogP contribution in [0.5, 0.6) is 0 Å². The molecule has 0 saturated carbocycles. The third-order valence-electron chi connectivity index (χ3n) is 3.07. The molecule has 0 heterocycles. The van der Waals surface area contributed by atoms with Crippen LogP contribution in [0.1, 0.15) is 53.0 Å². The monoisotopic (exact) mass is 217 g/mol. The van der Waals surface area contributed by atoms with Crippen molar-refractivity contribution in [3.63, 3.8) is 0 Å². The maximum Gasteiger partial charge on any atom is -0.00676 e. The molecule has 0 aromatic heterocycles. The van der Waals surface area contributed by atoms with Crippen molar-refractivity contribution < 1.29 is 0 Å². The lowest BCUT2D eigenvalue weighted by Crippen LogP contribution is -2.25. The molecular weight excluding hydrogens is 192 g/mol. The Labute approximate surface area is 101 Å². The molecule has 0 bridgehead atoms. The van der Waals surface area contributed by atoms with Gasteiger partial charge in [0, 0.05) is 0 Å². The molecule has 0 N–H and O–H groups in total. The van der Waals surface area contributed by atoms with E-state index in [1.54, 1.807) is 0 Å². The van der Waals surface area contributed by atoms with Gasteiger partial charge in [-0.15, -0.1) is 0 Å². The van der Waals surface area contributed by atoms with E-state index < -0.39 is 0 Å². The Morgan fingerprint density at radius 2 is 1.69 bits per heavy atom. The first kappa shape index (κ1) is 13.3. The van der Waals surface area contributed by atoms with E-state index in [1.807, 2.05) is 0 Å².